The Morgan fingerprint density at radius 1 is 1.47 bits per heavy atom. The molecule has 0 unspecified atom stereocenters. The van der Waals surface area contributed by atoms with Gasteiger partial charge in [0.1, 0.15) is 0 Å². The lowest BCUT2D eigenvalue weighted by molar-refractivity contribution is 0.411. The van der Waals surface area contributed by atoms with Gasteiger partial charge in [-0.25, -0.2) is 0 Å². The molecule has 0 N–H and O–H groups in total. The largest absolute Gasteiger partial charge is 0.334 e. The van der Waals surface area contributed by atoms with Crippen molar-refractivity contribution >= 4 is 33.6 Å². The minimum absolute atomic E-state index is 0.399. The Morgan fingerprint density at radius 2 is 2.27 bits per heavy atom. The van der Waals surface area contributed by atoms with Gasteiger partial charge in [0.2, 0.25) is 11.7 Å². The lowest BCUT2D eigenvalue weighted by Crippen LogP contribution is -1.81. The van der Waals surface area contributed by atoms with E-state index in [0.717, 1.165) is 10.0 Å². The van der Waals surface area contributed by atoms with E-state index in [-0.39, 0.29) is 0 Å². The summed E-state index contributed by atoms with van der Waals surface area (Å²) in [6, 6.07) is 5.43. The molecule has 0 atom stereocenters. The van der Waals surface area contributed by atoms with Crippen molar-refractivity contribution in [2.24, 2.45) is 0 Å². The highest BCUT2D eigenvalue weighted by atomic mass is 79.9. The molecule has 15 heavy (non-hydrogen) atoms. The lowest BCUT2D eigenvalue weighted by atomic mass is 10.2. The van der Waals surface area contributed by atoms with Crippen LogP contribution in [-0.4, -0.2) is 10.1 Å². The van der Waals surface area contributed by atoms with Gasteiger partial charge < -0.3 is 4.52 Å². The molecule has 0 saturated heterocycles. The van der Waals surface area contributed by atoms with Gasteiger partial charge in [0.05, 0.1) is 5.02 Å². The van der Waals surface area contributed by atoms with Gasteiger partial charge in [-0.15, -0.1) is 0 Å². The van der Waals surface area contributed by atoms with Crippen LogP contribution >= 0.6 is 27.5 Å². The summed E-state index contributed by atoms with van der Waals surface area (Å²) < 4.78 is 5.71. The zero-order chi connectivity index (χ0) is 10.8. The first-order valence-electron chi connectivity index (χ1n) is 4.12. The first kappa shape index (κ1) is 10.4. The molecule has 0 aliphatic carbocycles. The minimum Gasteiger partial charge on any atom is -0.334 e. The van der Waals surface area contributed by atoms with E-state index in [1.54, 1.807) is 6.07 Å². The van der Waals surface area contributed by atoms with Crippen LogP contribution in [0.15, 0.2) is 33.8 Å². The summed E-state index contributed by atoms with van der Waals surface area (Å²) in [6.45, 7) is 3.54. The zero-order valence-corrected chi connectivity index (χ0v) is 9.92. The average Bonchev–Trinajstić information content (AvgIpc) is 2.70. The van der Waals surface area contributed by atoms with E-state index in [2.05, 4.69) is 32.6 Å². The third-order valence-corrected chi connectivity index (χ3v) is 3.01. The summed E-state index contributed by atoms with van der Waals surface area (Å²) in [5.74, 6) is 0.915. The van der Waals surface area contributed by atoms with Crippen LogP contribution in [0.5, 0.6) is 0 Å². The van der Waals surface area contributed by atoms with Crippen molar-refractivity contribution in [3.05, 3.63) is 40.2 Å². The second-order valence-electron chi connectivity index (χ2n) is 2.79. The molecular formula is C10H6BrClN2O. The summed E-state index contributed by atoms with van der Waals surface area (Å²) in [5.41, 5.74) is 0.836. The third-order valence-electron chi connectivity index (χ3n) is 1.79. The van der Waals surface area contributed by atoms with Gasteiger partial charge in [0, 0.05) is 10.0 Å². The summed E-state index contributed by atoms with van der Waals surface area (Å²) in [4.78, 5) is 4.11. The molecule has 2 aromatic rings. The van der Waals surface area contributed by atoms with Crippen molar-refractivity contribution in [3.63, 3.8) is 0 Å². The second kappa shape index (κ2) is 4.16. The first-order valence-corrected chi connectivity index (χ1v) is 5.29. The average molecular weight is 286 g/mol. The van der Waals surface area contributed by atoms with Crippen molar-refractivity contribution in [2.45, 2.75) is 0 Å². The fourth-order valence-electron chi connectivity index (χ4n) is 1.07. The molecule has 0 fully saturated rings. The Labute approximate surface area is 99.9 Å². The third kappa shape index (κ3) is 2.11. The molecule has 0 spiro atoms. The highest BCUT2D eigenvalue weighted by molar-refractivity contribution is 9.10. The Bertz CT molecular complexity index is 510. The fraction of sp³-hybridized carbons (Fsp3) is 0. The topological polar surface area (TPSA) is 38.9 Å². The molecular weight excluding hydrogens is 279 g/mol. The van der Waals surface area contributed by atoms with Crippen LogP contribution in [-0.2, 0) is 0 Å². The maximum absolute atomic E-state index is 5.87. The Morgan fingerprint density at radius 3 is 2.87 bits per heavy atom. The SMILES string of the molecule is C=Cc1nc(-c2ccc(Cl)c(Br)c2)no1. The first-order chi connectivity index (χ1) is 7.20. The second-order valence-corrected chi connectivity index (χ2v) is 4.05. The highest BCUT2D eigenvalue weighted by Crippen LogP contribution is 2.27. The van der Waals surface area contributed by atoms with Crippen molar-refractivity contribution in [1.29, 1.82) is 0 Å². The smallest absolute Gasteiger partial charge is 0.250 e. The molecule has 1 aromatic heterocycles. The highest BCUT2D eigenvalue weighted by Gasteiger charge is 2.07. The normalized spacial score (nSPS) is 10.3. The fourth-order valence-corrected chi connectivity index (χ4v) is 1.57. The van der Waals surface area contributed by atoms with Crippen molar-refractivity contribution in [2.75, 3.05) is 0 Å². The van der Waals surface area contributed by atoms with E-state index < -0.39 is 0 Å². The minimum atomic E-state index is 0.399. The van der Waals surface area contributed by atoms with Crippen LogP contribution in [0.25, 0.3) is 17.5 Å². The number of rotatable bonds is 2. The number of aromatic nitrogens is 2. The molecule has 0 amide bonds. The van der Waals surface area contributed by atoms with Gasteiger partial charge in [-0.05, 0) is 40.2 Å². The number of benzene rings is 1. The molecule has 0 saturated carbocycles. The maximum atomic E-state index is 5.87. The molecule has 0 aliphatic rings. The molecule has 1 heterocycles. The Kier molecular flexibility index (Phi) is 2.88. The summed E-state index contributed by atoms with van der Waals surface area (Å²) in [5, 5.41) is 4.45. The van der Waals surface area contributed by atoms with E-state index in [1.807, 2.05) is 12.1 Å². The van der Waals surface area contributed by atoms with E-state index >= 15 is 0 Å². The van der Waals surface area contributed by atoms with Gasteiger partial charge in [0.25, 0.3) is 0 Å². The predicted octanol–water partition coefficient (Wildman–Crippen LogP) is 3.80. The van der Waals surface area contributed by atoms with E-state index in [1.165, 1.54) is 6.08 Å². The quantitative estimate of drug-likeness (QED) is 0.842. The maximum Gasteiger partial charge on any atom is 0.250 e. The van der Waals surface area contributed by atoms with Crippen LogP contribution < -0.4 is 0 Å². The van der Waals surface area contributed by atoms with Crippen LogP contribution in [0.4, 0.5) is 0 Å². The monoisotopic (exact) mass is 284 g/mol. The van der Waals surface area contributed by atoms with Gasteiger partial charge in [0.15, 0.2) is 0 Å². The number of halogens is 2. The van der Waals surface area contributed by atoms with E-state index in [9.17, 15) is 0 Å². The summed E-state index contributed by atoms with van der Waals surface area (Å²) in [6.07, 6.45) is 1.50. The number of nitrogens with zero attached hydrogens (tertiary/aromatic N) is 2. The molecule has 1 aromatic carbocycles. The van der Waals surface area contributed by atoms with E-state index in [0.29, 0.717) is 16.7 Å². The Hall–Kier alpha value is -1.13. The van der Waals surface area contributed by atoms with Gasteiger partial charge >= 0.3 is 0 Å². The van der Waals surface area contributed by atoms with Gasteiger partial charge in [-0.2, -0.15) is 4.98 Å². The van der Waals surface area contributed by atoms with E-state index in [4.69, 9.17) is 16.1 Å². The van der Waals surface area contributed by atoms with Crippen molar-refractivity contribution in [1.82, 2.24) is 10.1 Å². The predicted molar refractivity (Wildman–Crippen MR) is 62.5 cm³/mol. The molecule has 5 heteroatoms. The molecule has 0 aliphatic heterocycles. The van der Waals surface area contributed by atoms with Crippen LogP contribution in [0.1, 0.15) is 5.89 Å². The Balaban J connectivity index is 2.44. The van der Waals surface area contributed by atoms with Crippen LogP contribution in [0, 0.1) is 0 Å². The molecule has 0 radical (unpaired) electrons. The van der Waals surface area contributed by atoms with Crippen LogP contribution in [0.3, 0.4) is 0 Å². The summed E-state index contributed by atoms with van der Waals surface area (Å²) in [7, 11) is 0. The standard InChI is InChI=1S/C10H6BrClN2O/c1-2-9-13-10(14-15-9)6-3-4-8(12)7(11)5-6/h2-5H,1H2. The molecule has 2 rings (SSSR count). The molecule has 3 nitrogen and oxygen atoms in total. The van der Waals surface area contributed by atoms with Crippen LogP contribution in [0.2, 0.25) is 5.02 Å². The molecule has 0 bridgehead atoms. The zero-order valence-electron chi connectivity index (χ0n) is 7.58. The summed E-state index contributed by atoms with van der Waals surface area (Å²) >= 11 is 9.20. The van der Waals surface area contributed by atoms with Gasteiger partial charge in [-0.3, -0.25) is 0 Å². The van der Waals surface area contributed by atoms with Gasteiger partial charge in [-0.1, -0.05) is 23.3 Å². The number of hydrogen-bond donors (Lipinski definition) is 0. The van der Waals surface area contributed by atoms with Crippen molar-refractivity contribution < 1.29 is 4.52 Å². The number of hydrogen-bond acceptors (Lipinski definition) is 3. The molecule has 76 valence electrons. The lowest BCUT2D eigenvalue weighted by Gasteiger charge is -1.97. The van der Waals surface area contributed by atoms with Crippen molar-refractivity contribution in [3.8, 4) is 11.4 Å².